The minimum atomic E-state index is -0.0715. The third-order valence-electron chi connectivity index (χ3n) is 4.39. The van der Waals surface area contributed by atoms with E-state index in [1.165, 1.54) is 27.8 Å². The molecule has 0 spiro atoms. The molecule has 3 aromatic heterocycles. The van der Waals surface area contributed by atoms with E-state index in [4.69, 9.17) is 5.84 Å². The number of thiophene rings is 1. The number of nitrogens with zero attached hydrogens (tertiary/aromatic N) is 5. The van der Waals surface area contributed by atoms with Gasteiger partial charge in [0.1, 0.15) is 0 Å². The van der Waals surface area contributed by atoms with Crippen molar-refractivity contribution >= 4 is 51.2 Å². The van der Waals surface area contributed by atoms with Gasteiger partial charge in [-0.25, -0.2) is 9.66 Å². The molecule has 0 saturated carbocycles. The maximum absolute atomic E-state index is 12.4. The third-order valence-corrected chi connectivity index (χ3v) is 7.11. The second-order valence-electron chi connectivity index (χ2n) is 6.71. The van der Waals surface area contributed by atoms with Crippen molar-refractivity contribution < 1.29 is 4.79 Å². The Kier molecular flexibility index (Phi) is 5.89. The van der Waals surface area contributed by atoms with Crippen LogP contribution in [0.3, 0.4) is 0 Å². The van der Waals surface area contributed by atoms with Gasteiger partial charge in [0.05, 0.1) is 16.3 Å². The summed E-state index contributed by atoms with van der Waals surface area (Å²) in [6.45, 7) is 5.59. The summed E-state index contributed by atoms with van der Waals surface area (Å²) in [5.41, 5.74) is 3.90. The van der Waals surface area contributed by atoms with Crippen LogP contribution in [0.1, 0.15) is 23.7 Å². The number of carbonyl (C=O) groups is 1. The number of carbonyl (C=O) groups excluding carboxylic acids is 1. The number of amides is 1. The maximum Gasteiger partial charge on any atom is 0.230 e. The van der Waals surface area contributed by atoms with E-state index >= 15 is 0 Å². The molecule has 1 aromatic carbocycles. The molecule has 2 N–H and O–H groups in total. The molecule has 0 aliphatic rings. The fraction of sp³-hybridized carbons (Fsp3) is 0.200. The molecule has 10 heteroatoms. The number of nitrogens with two attached hydrogens (primary N) is 1. The molecule has 3 heterocycles. The molecule has 30 heavy (non-hydrogen) atoms. The maximum atomic E-state index is 12.4. The third kappa shape index (κ3) is 4.11. The molecule has 0 saturated heterocycles. The molecular weight excluding hydrogens is 436 g/mol. The van der Waals surface area contributed by atoms with Crippen LogP contribution < -0.4 is 10.7 Å². The van der Waals surface area contributed by atoms with Crippen molar-refractivity contribution in [2.75, 3.05) is 10.7 Å². The molecule has 0 bridgehead atoms. The average molecular weight is 457 g/mol. The largest absolute Gasteiger partial charge is 0.335 e. The topological polar surface area (TPSA) is 89.9 Å². The van der Waals surface area contributed by atoms with Crippen LogP contribution in [0.5, 0.6) is 0 Å². The zero-order chi connectivity index (χ0) is 21.3. The van der Waals surface area contributed by atoms with Crippen molar-refractivity contribution in [3.63, 3.8) is 0 Å². The highest BCUT2D eigenvalue weighted by atomic mass is 32.2. The van der Waals surface area contributed by atoms with Crippen LogP contribution in [0.2, 0.25) is 0 Å². The minimum absolute atomic E-state index is 0.0715. The normalized spacial score (nSPS) is 11.0. The highest BCUT2D eigenvalue weighted by Crippen LogP contribution is 2.33. The molecule has 0 radical (unpaired) electrons. The molecule has 4 rings (SSSR count). The SMILES string of the molecule is CC(=O)N(c1nc(CSc2nnc(-c3cccs3)n2N)cs1)c1ccc(C)cc1C. The first-order chi connectivity index (χ1) is 14.4. The summed E-state index contributed by atoms with van der Waals surface area (Å²) in [6.07, 6.45) is 0. The van der Waals surface area contributed by atoms with Crippen molar-refractivity contribution in [2.45, 2.75) is 31.7 Å². The Bertz CT molecular complexity index is 1180. The van der Waals surface area contributed by atoms with Crippen LogP contribution in [0.25, 0.3) is 10.7 Å². The number of hydrogen-bond acceptors (Lipinski definition) is 8. The summed E-state index contributed by atoms with van der Waals surface area (Å²) < 4.78 is 1.50. The van der Waals surface area contributed by atoms with Crippen LogP contribution in [-0.2, 0) is 10.5 Å². The van der Waals surface area contributed by atoms with E-state index in [2.05, 4.69) is 21.2 Å². The first-order valence-corrected chi connectivity index (χ1v) is 11.9. The number of anilines is 2. The number of aryl methyl sites for hydroxylation is 2. The smallest absolute Gasteiger partial charge is 0.230 e. The van der Waals surface area contributed by atoms with E-state index in [0.717, 1.165) is 27.4 Å². The lowest BCUT2D eigenvalue weighted by molar-refractivity contribution is -0.115. The fourth-order valence-corrected chi connectivity index (χ4v) is 5.46. The first kappa shape index (κ1) is 20.6. The Morgan fingerprint density at radius 3 is 2.77 bits per heavy atom. The van der Waals surface area contributed by atoms with Gasteiger partial charge in [0, 0.05) is 18.1 Å². The number of thioether (sulfide) groups is 1. The molecule has 0 fully saturated rings. The predicted molar refractivity (Wildman–Crippen MR) is 124 cm³/mol. The van der Waals surface area contributed by atoms with E-state index in [-0.39, 0.29) is 5.91 Å². The summed E-state index contributed by atoms with van der Waals surface area (Å²) in [5.74, 6) is 7.31. The monoisotopic (exact) mass is 456 g/mol. The molecule has 0 aliphatic carbocycles. The van der Waals surface area contributed by atoms with Gasteiger partial charge in [0.2, 0.25) is 11.1 Å². The molecule has 1 amide bonds. The summed E-state index contributed by atoms with van der Waals surface area (Å²) in [5, 5.41) is 13.6. The molecule has 0 aliphatic heterocycles. The van der Waals surface area contributed by atoms with Gasteiger partial charge in [-0.3, -0.25) is 9.69 Å². The minimum Gasteiger partial charge on any atom is -0.335 e. The highest BCUT2D eigenvalue weighted by Gasteiger charge is 2.20. The Morgan fingerprint density at radius 2 is 2.07 bits per heavy atom. The Labute approximate surface area is 186 Å². The van der Waals surface area contributed by atoms with Crippen molar-refractivity contribution in [2.24, 2.45) is 0 Å². The van der Waals surface area contributed by atoms with Gasteiger partial charge < -0.3 is 5.84 Å². The Balaban J connectivity index is 1.52. The number of aromatic nitrogens is 4. The second kappa shape index (κ2) is 8.58. The highest BCUT2D eigenvalue weighted by molar-refractivity contribution is 7.98. The van der Waals surface area contributed by atoms with Crippen LogP contribution in [0.15, 0.2) is 46.2 Å². The molecule has 4 aromatic rings. The van der Waals surface area contributed by atoms with Gasteiger partial charge in [-0.05, 0) is 36.9 Å². The number of rotatable bonds is 6. The average Bonchev–Trinajstić information content (AvgIpc) is 3.43. The van der Waals surface area contributed by atoms with Crippen LogP contribution >= 0.6 is 34.4 Å². The Hall–Kier alpha value is -2.69. The number of hydrogen-bond donors (Lipinski definition) is 1. The summed E-state index contributed by atoms with van der Waals surface area (Å²) in [4.78, 5) is 19.7. The van der Waals surface area contributed by atoms with Gasteiger partial charge in [-0.2, -0.15) is 0 Å². The van der Waals surface area contributed by atoms with Crippen molar-refractivity contribution in [3.8, 4) is 10.7 Å². The van der Waals surface area contributed by atoms with Gasteiger partial charge in [0.15, 0.2) is 11.0 Å². The lowest BCUT2D eigenvalue weighted by Gasteiger charge is -2.20. The summed E-state index contributed by atoms with van der Waals surface area (Å²) >= 11 is 4.47. The van der Waals surface area contributed by atoms with E-state index in [1.54, 1.807) is 23.2 Å². The quantitative estimate of drug-likeness (QED) is 0.332. The van der Waals surface area contributed by atoms with E-state index < -0.39 is 0 Å². The lowest BCUT2D eigenvalue weighted by Crippen LogP contribution is -2.23. The van der Waals surface area contributed by atoms with Crippen LogP contribution in [0.4, 0.5) is 10.8 Å². The lowest BCUT2D eigenvalue weighted by atomic mass is 10.1. The number of thiazole rings is 1. The van der Waals surface area contributed by atoms with Crippen molar-refractivity contribution in [1.29, 1.82) is 0 Å². The zero-order valence-corrected chi connectivity index (χ0v) is 19.1. The molecule has 0 atom stereocenters. The van der Waals surface area contributed by atoms with Gasteiger partial charge in [-0.1, -0.05) is 35.5 Å². The molecule has 154 valence electrons. The second-order valence-corrected chi connectivity index (χ2v) is 9.43. The zero-order valence-electron chi connectivity index (χ0n) is 16.7. The standard InChI is InChI=1S/C20H20N6OS3/c1-12-6-7-16(13(2)9-12)25(14(3)27)19-22-15(10-29-19)11-30-20-24-23-18(26(20)21)17-5-4-8-28-17/h4-10H,11,21H2,1-3H3. The van der Waals surface area contributed by atoms with Crippen LogP contribution in [-0.4, -0.2) is 25.8 Å². The fourth-order valence-electron chi connectivity index (χ4n) is 3.02. The summed E-state index contributed by atoms with van der Waals surface area (Å²) in [7, 11) is 0. The van der Waals surface area contributed by atoms with Crippen molar-refractivity contribution in [3.05, 3.63) is 57.9 Å². The van der Waals surface area contributed by atoms with E-state index in [1.807, 2.05) is 48.9 Å². The van der Waals surface area contributed by atoms with Gasteiger partial charge >= 0.3 is 0 Å². The van der Waals surface area contributed by atoms with Gasteiger partial charge in [-0.15, -0.1) is 32.9 Å². The van der Waals surface area contributed by atoms with Crippen LogP contribution in [0, 0.1) is 13.8 Å². The predicted octanol–water partition coefficient (Wildman–Crippen LogP) is 4.77. The van der Waals surface area contributed by atoms with E-state index in [9.17, 15) is 4.79 Å². The van der Waals surface area contributed by atoms with Gasteiger partial charge in [0.25, 0.3) is 0 Å². The number of benzene rings is 1. The molecular formula is C20H20N6OS3. The number of nitrogen functional groups attached to an aromatic ring is 1. The van der Waals surface area contributed by atoms with E-state index in [0.29, 0.717) is 21.9 Å². The first-order valence-electron chi connectivity index (χ1n) is 9.13. The Morgan fingerprint density at radius 1 is 1.23 bits per heavy atom. The molecule has 0 unspecified atom stereocenters. The summed E-state index contributed by atoms with van der Waals surface area (Å²) in [6, 6.07) is 9.94. The molecule has 7 nitrogen and oxygen atoms in total. The van der Waals surface area contributed by atoms with Crippen molar-refractivity contribution in [1.82, 2.24) is 19.9 Å².